The number of rotatable bonds is 5. The van der Waals surface area contributed by atoms with Crippen LogP contribution in [0, 0.1) is 0 Å². The number of carbonyl (C=O) groups is 1. The zero-order chi connectivity index (χ0) is 10.3. The fourth-order valence-corrected chi connectivity index (χ4v) is 0.812. The molecule has 0 bridgehead atoms. The molecule has 0 unspecified atom stereocenters. The molecule has 0 saturated carbocycles. The number of hydrogen-bond acceptors (Lipinski definition) is 4. The van der Waals surface area contributed by atoms with Gasteiger partial charge in [0.05, 0.1) is 19.3 Å². The SMILES string of the molecule is CC(C)OC(=O)N(CCO)CCO. The summed E-state index contributed by atoms with van der Waals surface area (Å²) >= 11 is 0. The normalized spacial score (nSPS) is 10.2. The van der Waals surface area contributed by atoms with Crippen LogP contribution in [0.5, 0.6) is 0 Å². The van der Waals surface area contributed by atoms with Gasteiger partial charge in [0.1, 0.15) is 0 Å². The van der Waals surface area contributed by atoms with Gasteiger partial charge < -0.3 is 19.8 Å². The van der Waals surface area contributed by atoms with Crippen molar-refractivity contribution in [3.05, 3.63) is 0 Å². The van der Waals surface area contributed by atoms with E-state index in [4.69, 9.17) is 14.9 Å². The second kappa shape index (κ2) is 6.68. The van der Waals surface area contributed by atoms with E-state index in [1.165, 1.54) is 4.90 Å². The Morgan fingerprint density at radius 1 is 1.31 bits per heavy atom. The highest BCUT2D eigenvalue weighted by Crippen LogP contribution is 1.97. The van der Waals surface area contributed by atoms with E-state index < -0.39 is 6.09 Å². The summed E-state index contributed by atoms with van der Waals surface area (Å²) in [6.45, 7) is 3.60. The molecule has 0 aromatic carbocycles. The van der Waals surface area contributed by atoms with Crippen molar-refractivity contribution in [2.45, 2.75) is 20.0 Å². The summed E-state index contributed by atoms with van der Waals surface area (Å²) in [4.78, 5) is 12.5. The lowest BCUT2D eigenvalue weighted by Crippen LogP contribution is -2.37. The van der Waals surface area contributed by atoms with Crippen LogP contribution < -0.4 is 0 Å². The molecule has 0 fully saturated rings. The van der Waals surface area contributed by atoms with Gasteiger partial charge >= 0.3 is 6.09 Å². The van der Waals surface area contributed by atoms with Gasteiger partial charge in [-0.2, -0.15) is 0 Å². The second-order valence-corrected chi connectivity index (χ2v) is 2.87. The highest BCUT2D eigenvalue weighted by Gasteiger charge is 2.14. The van der Waals surface area contributed by atoms with Crippen LogP contribution in [0.15, 0.2) is 0 Å². The van der Waals surface area contributed by atoms with Crippen LogP contribution in [0.4, 0.5) is 4.79 Å². The van der Waals surface area contributed by atoms with Crippen LogP contribution in [-0.2, 0) is 4.74 Å². The number of carbonyl (C=O) groups excluding carboxylic acids is 1. The van der Waals surface area contributed by atoms with E-state index in [9.17, 15) is 4.79 Å². The van der Waals surface area contributed by atoms with E-state index in [1.54, 1.807) is 13.8 Å². The van der Waals surface area contributed by atoms with E-state index in [0.29, 0.717) is 0 Å². The zero-order valence-corrected chi connectivity index (χ0v) is 8.06. The Morgan fingerprint density at radius 2 is 1.77 bits per heavy atom. The van der Waals surface area contributed by atoms with Crippen molar-refractivity contribution < 1.29 is 19.7 Å². The summed E-state index contributed by atoms with van der Waals surface area (Å²) in [6.07, 6.45) is -0.689. The molecule has 0 radical (unpaired) electrons. The Bertz CT molecular complexity index is 143. The van der Waals surface area contributed by atoms with E-state index in [1.807, 2.05) is 0 Å². The Morgan fingerprint density at radius 3 is 2.08 bits per heavy atom. The minimum absolute atomic E-state index is 0.132. The summed E-state index contributed by atoms with van der Waals surface area (Å²) in [5, 5.41) is 17.2. The molecule has 5 nitrogen and oxygen atoms in total. The average molecular weight is 191 g/mol. The van der Waals surface area contributed by atoms with Gasteiger partial charge in [0.15, 0.2) is 0 Å². The molecule has 0 saturated heterocycles. The summed E-state index contributed by atoms with van der Waals surface area (Å²) in [5.41, 5.74) is 0. The first kappa shape index (κ1) is 12.2. The molecule has 13 heavy (non-hydrogen) atoms. The van der Waals surface area contributed by atoms with Crippen molar-refractivity contribution in [2.24, 2.45) is 0 Å². The minimum Gasteiger partial charge on any atom is -0.447 e. The molecule has 1 amide bonds. The lowest BCUT2D eigenvalue weighted by molar-refractivity contribution is 0.0647. The van der Waals surface area contributed by atoms with Gasteiger partial charge in [-0.3, -0.25) is 0 Å². The van der Waals surface area contributed by atoms with E-state index >= 15 is 0 Å². The molecule has 5 heteroatoms. The standard InChI is InChI=1S/C8H17NO4/c1-7(2)13-8(12)9(3-5-10)4-6-11/h7,10-11H,3-6H2,1-2H3. The summed E-state index contributed by atoms with van der Waals surface area (Å²) in [6, 6.07) is 0. The van der Waals surface area contributed by atoms with Crippen LogP contribution >= 0.6 is 0 Å². The molecule has 0 aromatic heterocycles. The van der Waals surface area contributed by atoms with E-state index in [2.05, 4.69) is 0 Å². The van der Waals surface area contributed by atoms with Crippen molar-refractivity contribution in [1.29, 1.82) is 0 Å². The van der Waals surface area contributed by atoms with Crippen LogP contribution in [0.3, 0.4) is 0 Å². The molecule has 0 atom stereocenters. The quantitative estimate of drug-likeness (QED) is 0.632. The van der Waals surface area contributed by atoms with Gasteiger partial charge in [-0.15, -0.1) is 0 Å². The molecule has 0 aliphatic rings. The molecule has 0 aliphatic heterocycles. The number of ether oxygens (including phenoxy) is 1. The molecule has 0 aromatic rings. The highest BCUT2D eigenvalue weighted by molar-refractivity contribution is 5.67. The summed E-state index contributed by atoms with van der Waals surface area (Å²) in [5.74, 6) is 0. The van der Waals surface area contributed by atoms with Gasteiger partial charge in [-0.25, -0.2) is 4.79 Å². The molecule has 0 rings (SSSR count). The molecular weight excluding hydrogens is 174 g/mol. The number of nitrogens with zero attached hydrogens (tertiary/aromatic N) is 1. The average Bonchev–Trinajstić information content (AvgIpc) is 2.02. The highest BCUT2D eigenvalue weighted by atomic mass is 16.6. The Balaban J connectivity index is 3.95. The van der Waals surface area contributed by atoms with Gasteiger partial charge in [0.2, 0.25) is 0 Å². The smallest absolute Gasteiger partial charge is 0.410 e. The monoisotopic (exact) mass is 191 g/mol. The predicted octanol–water partition coefficient (Wildman–Crippen LogP) is -0.182. The first-order valence-corrected chi connectivity index (χ1v) is 4.29. The lowest BCUT2D eigenvalue weighted by atomic mass is 10.5. The van der Waals surface area contributed by atoms with Crippen LogP contribution in [0.2, 0.25) is 0 Å². The lowest BCUT2D eigenvalue weighted by Gasteiger charge is -2.21. The third kappa shape index (κ3) is 5.43. The molecule has 2 N–H and O–H groups in total. The Labute approximate surface area is 77.9 Å². The van der Waals surface area contributed by atoms with E-state index in [0.717, 1.165) is 0 Å². The fraction of sp³-hybridized carbons (Fsp3) is 0.875. The maximum atomic E-state index is 11.2. The van der Waals surface area contributed by atoms with Crippen molar-refractivity contribution >= 4 is 6.09 Å². The first-order chi connectivity index (χ1) is 6.11. The summed E-state index contributed by atoms with van der Waals surface area (Å²) in [7, 11) is 0. The molecule has 0 aliphatic carbocycles. The van der Waals surface area contributed by atoms with Crippen molar-refractivity contribution in [1.82, 2.24) is 4.90 Å². The maximum absolute atomic E-state index is 11.2. The first-order valence-electron chi connectivity index (χ1n) is 4.29. The second-order valence-electron chi connectivity index (χ2n) is 2.87. The van der Waals surface area contributed by atoms with Crippen LogP contribution in [0.1, 0.15) is 13.8 Å². The number of amides is 1. The molecule has 78 valence electrons. The zero-order valence-electron chi connectivity index (χ0n) is 8.06. The Kier molecular flexibility index (Phi) is 6.26. The maximum Gasteiger partial charge on any atom is 0.410 e. The predicted molar refractivity (Wildman–Crippen MR) is 47.4 cm³/mol. The van der Waals surface area contributed by atoms with Gasteiger partial charge in [-0.05, 0) is 13.8 Å². The Hall–Kier alpha value is -0.810. The fourth-order valence-electron chi connectivity index (χ4n) is 0.812. The van der Waals surface area contributed by atoms with Crippen molar-refractivity contribution in [3.8, 4) is 0 Å². The van der Waals surface area contributed by atoms with Crippen LogP contribution in [0.25, 0.3) is 0 Å². The molecular formula is C8H17NO4. The minimum atomic E-state index is -0.502. The van der Waals surface area contributed by atoms with Gasteiger partial charge in [0.25, 0.3) is 0 Å². The topological polar surface area (TPSA) is 70.0 Å². The number of aliphatic hydroxyl groups excluding tert-OH is 2. The van der Waals surface area contributed by atoms with Crippen LogP contribution in [-0.4, -0.2) is 53.6 Å². The van der Waals surface area contributed by atoms with E-state index in [-0.39, 0.29) is 32.4 Å². The molecule has 0 heterocycles. The number of aliphatic hydroxyl groups is 2. The van der Waals surface area contributed by atoms with Gasteiger partial charge in [-0.1, -0.05) is 0 Å². The van der Waals surface area contributed by atoms with Crippen molar-refractivity contribution in [3.63, 3.8) is 0 Å². The molecule has 0 spiro atoms. The largest absolute Gasteiger partial charge is 0.447 e. The van der Waals surface area contributed by atoms with Gasteiger partial charge in [0, 0.05) is 13.1 Å². The van der Waals surface area contributed by atoms with Crippen molar-refractivity contribution in [2.75, 3.05) is 26.3 Å². The third-order valence-corrected chi connectivity index (χ3v) is 1.33. The third-order valence-electron chi connectivity index (χ3n) is 1.33. The number of hydrogen-bond donors (Lipinski definition) is 2. The summed E-state index contributed by atoms with van der Waals surface area (Å²) < 4.78 is 4.88.